The second kappa shape index (κ2) is 6.08. The van der Waals surface area contributed by atoms with Gasteiger partial charge in [0.15, 0.2) is 0 Å². The maximum atomic E-state index is 12.4. The molecule has 1 aliphatic carbocycles. The van der Waals surface area contributed by atoms with Gasteiger partial charge in [0.2, 0.25) is 5.96 Å². The summed E-state index contributed by atoms with van der Waals surface area (Å²) in [6.45, 7) is 0. The van der Waals surface area contributed by atoms with E-state index in [0.717, 1.165) is 37.9 Å². The molecule has 4 N–H and O–H groups in total. The van der Waals surface area contributed by atoms with Crippen LogP contribution in [-0.2, 0) is 6.18 Å². The second-order valence-corrected chi connectivity index (χ2v) is 4.62. The zero-order valence-electron chi connectivity index (χ0n) is 10.7. The summed E-state index contributed by atoms with van der Waals surface area (Å²) in [6.07, 6.45) is 0.924. The average molecular weight is 287 g/mol. The van der Waals surface area contributed by atoms with E-state index in [1.54, 1.807) is 0 Å². The number of nitrogens with two attached hydrogens (primary N) is 1. The van der Waals surface area contributed by atoms with Crippen LogP contribution in [0.3, 0.4) is 0 Å². The van der Waals surface area contributed by atoms with Crippen molar-refractivity contribution in [3.8, 4) is 0 Å². The molecule has 1 aromatic heterocycles. The average Bonchev–Trinajstić information content (AvgIpc) is 2.90. The number of anilines is 1. The zero-order chi connectivity index (χ0) is 14.6. The number of halogens is 3. The van der Waals surface area contributed by atoms with Crippen LogP contribution < -0.4 is 16.6 Å². The van der Waals surface area contributed by atoms with E-state index in [4.69, 9.17) is 5.84 Å². The minimum atomic E-state index is -4.44. The molecule has 20 heavy (non-hydrogen) atoms. The van der Waals surface area contributed by atoms with E-state index in [-0.39, 0.29) is 6.04 Å². The number of guanidine groups is 1. The van der Waals surface area contributed by atoms with E-state index in [0.29, 0.717) is 11.6 Å². The summed E-state index contributed by atoms with van der Waals surface area (Å²) in [5.74, 6) is 5.69. The second-order valence-electron chi connectivity index (χ2n) is 4.62. The predicted molar refractivity (Wildman–Crippen MR) is 69.9 cm³/mol. The predicted octanol–water partition coefficient (Wildman–Crippen LogP) is 2.27. The highest BCUT2D eigenvalue weighted by atomic mass is 19.4. The largest absolute Gasteiger partial charge is 0.433 e. The smallest absolute Gasteiger partial charge is 0.324 e. The van der Waals surface area contributed by atoms with Crippen LogP contribution in [0.2, 0.25) is 0 Å². The number of pyridine rings is 1. The molecule has 0 amide bonds. The third kappa shape index (κ3) is 3.83. The van der Waals surface area contributed by atoms with Crippen molar-refractivity contribution in [2.45, 2.75) is 37.9 Å². The van der Waals surface area contributed by atoms with Gasteiger partial charge in [-0.1, -0.05) is 12.8 Å². The molecular formula is C12H16F3N5. The monoisotopic (exact) mass is 287 g/mol. The Labute approximate surface area is 114 Å². The SMILES string of the molecule is NNC(=NC1CCCC1)Nc1ccc(C(F)(F)F)nc1. The Morgan fingerprint density at radius 1 is 1.30 bits per heavy atom. The molecule has 0 spiro atoms. The summed E-state index contributed by atoms with van der Waals surface area (Å²) in [7, 11) is 0. The molecule has 1 aliphatic rings. The Morgan fingerprint density at radius 2 is 2.00 bits per heavy atom. The number of nitrogens with zero attached hydrogens (tertiary/aromatic N) is 2. The third-order valence-electron chi connectivity index (χ3n) is 3.09. The van der Waals surface area contributed by atoms with E-state index >= 15 is 0 Å². The van der Waals surface area contributed by atoms with Crippen LogP contribution >= 0.6 is 0 Å². The number of hydrogen-bond donors (Lipinski definition) is 3. The Bertz CT molecular complexity index is 463. The first kappa shape index (κ1) is 14.6. The van der Waals surface area contributed by atoms with Gasteiger partial charge in [0.1, 0.15) is 5.69 Å². The lowest BCUT2D eigenvalue weighted by Gasteiger charge is -2.12. The minimum Gasteiger partial charge on any atom is -0.324 e. The molecule has 0 radical (unpaired) electrons. The van der Waals surface area contributed by atoms with Gasteiger partial charge in [-0.05, 0) is 25.0 Å². The van der Waals surface area contributed by atoms with Gasteiger partial charge in [-0.3, -0.25) is 5.43 Å². The number of hydrogen-bond acceptors (Lipinski definition) is 3. The first-order valence-electron chi connectivity index (χ1n) is 6.34. The summed E-state index contributed by atoms with van der Waals surface area (Å²) < 4.78 is 37.1. The summed E-state index contributed by atoms with van der Waals surface area (Å²) in [4.78, 5) is 7.74. The summed E-state index contributed by atoms with van der Waals surface area (Å²) >= 11 is 0. The van der Waals surface area contributed by atoms with E-state index in [1.165, 1.54) is 6.07 Å². The summed E-state index contributed by atoms with van der Waals surface area (Å²) in [6, 6.07) is 2.40. The molecule has 0 aromatic carbocycles. The Balaban J connectivity index is 2.04. The van der Waals surface area contributed by atoms with Crippen molar-refractivity contribution in [3.05, 3.63) is 24.0 Å². The normalized spacial score (nSPS) is 17.3. The molecule has 0 aliphatic heterocycles. The molecule has 1 aromatic rings. The van der Waals surface area contributed by atoms with Gasteiger partial charge in [0, 0.05) is 0 Å². The van der Waals surface area contributed by atoms with Crippen LogP contribution in [0.4, 0.5) is 18.9 Å². The van der Waals surface area contributed by atoms with Crippen molar-refractivity contribution in [1.29, 1.82) is 0 Å². The standard InChI is InChI=1S/C12H16F3N5/c13-12(14,15)10-6-5-9(7-17-10)19-11(20-16)18-8-3-1-2-4-8/h5-8H,1-4,16H2,(H2,18,19,20). The van der Waals surface area contributed by atoms with E-state index in [9.17, 15) is 13.2 Å². The van der Waals surface area contributed by atoms with Crippen LogP contribution in [0, 0.1) is 0 Å². The van der Waals surface area contributed by atoms with Crippen LogP contribution in [0.15, 0.2) is 23.3 Å². The third-order valence-corrected chi connectivity index (χ3v) is 3.09. The van der Waals surface area contributed by atoms with Crippen molar-refractivity contribution >= 4 is 11.6 Å². The van der Waals surface area contributed by atoms with Crippen molar-refractivity contribution < 1.29 is 13.2 Å². The summed E-state index contributed by atoms with van der Waals surface area (Å²) in [5, 5.41) is 2.82. The van der Waals surface area contributed by atoms with Crippen molar-refractivity contribution in [3.63, 3.8) is 0 Å². The first-order valence-corrected chi connectivity index (χ1v) is 6.34. The lowest BCUT2D eigenvalue weighted by atomic mass is 10.3. The molecule has 8 heteroatoms. The maximum Gasteiger partial charge on any atom is 0.433 e. The number of aliphatic imine (C=N–C) groups is 1. The Hall–Kier alpha value is -1.83. The van der Waals surface area contributed by atoms with Crippen molar-refractivity contribution in [2.24, 2.45) is 10.8 Å². The molecular weight excluding hydrogens is 271 g/mol. The number of aromatic nitrogens is 1. The first-order chi connectivity index (χ1) is 9.49. The number of hydrazine groups is 1. The highest BCUT2D eigenvalue weighted by Gasteiger charge is 2.32. The van der Waals surface area contributed by atoms with Gasteiger partial charge >= 0.3 is 6.18 Å². The van der Waals surface area contributed by atoms with Gasteiger partial charge in [0.05, 0.1) is 17.9 Å². The zero-order valence-corrected chi connectivity index (χ0v) is 10.7. The quantitative estimate of drug-likeness (QED) is 0.337. The van der Waals surface area contributed by atoms with E-state index in [1.807, 2.05) is 0 Å². The molecule has 1 fully saturated rings. The molecule has 0 saturated heterocycles. The summed E-state index contributed by atoms with van der Waals surface area (Å²) in [5.41, 5.74) is 1.87. The fraction of sp³-hybridized carbons (Fsp3) is 0.500. The van der Waals surface area contributed by atoms with Gasteiger partial charge in [-0.2, -0.15) is 13.2 Å². The molecule has 110 valence electrons. The number of alkyl halides is 3. The van der Waals surface area contributed by atoms with E-state index in [2.05, 4.69) is 20.7 Å². The molecule has 0 unspecified atom stereocenters. The highest BCUT2D eigenvalue weighted by molar-refractivity contribution is 5.93. The lowest BCUT2D eigenvalue weighted by molar-refractivity contribution is -0.141. The lowest BCUT2D eigenvalue weighted by Crippen LogP contribution is -2.37. The van der Waals surface area contributed by atoms with Gasteiger partial charge in [0.25, 0.3) is 0 Å². The van der Waals surface area contributed by atoms with Crippen molar-refractivity contribution in [2.75, 3.05) is 5.32 Å². The molecule has 5 nitrogen and oxygen atoms in total. The number of nitrogens with one attached hydrogen (secondary N) is 2. The molecule has 2 rings (SSSR count). The van der Waals surface area contributed by atoms with Crippen LogP contribution in [0.1, 0.15) is 31.4 Å². The van der Waals surface area contributed by atoms with Gasteiger partial charge < -0.3 is 5.32 Å². The Kier molecular flexibility index (Phi) is 4.43. The van der Waals surface area contributed by atoms with Crippen molar-refractivity contribution in [1.82, 2.24) is 10.4 Å². The topological polar surface area (TPSA) is 75.3 Å². The van der Waals surface area contributed by atoms with Crippen LogP contribution in [0.5, 0.6) is 0 Å². The molecule has 0 atom stereocenters. The molecule has 0 bridgehead atoms. The highest BCUT2D eigenvalue weighted by Crippen LogP contribution is 2.27. The van der Waals surface area contributed by atoms with Crippen LogP contribution in [0.25, 0.3) is 0 Å². The fourth-order valence-electron chi connectivity index (χ4n) is 2.09. The molecule has 1 saturated carbocycles. The fourth-order valence-corrected chi connectivity index (χ4v) is 2.09. The van der Waals surface area contributed by atoms with Gasteiger partial charge in [-0.15, -0.1) is 0 Å². The number of rotatable bonds is 2. The van der Waals surface area contributed by atoms with Gasteiger partial charge in [-0.25, -0.2) is 15.8 Å². The maximum absolute atomic E-state index is 12.4. The molecule has 1 heterocycles. The Morgan fingerprint density at radius 3 is 2.50 bits per heavy atom. The van der Waals surface area contributed by atoms with E-state index < -0.39 is 11.9 Å². The minimum absolute atomic E-state index is 0.205. The van der Waals surface area contributed by atoms with Crippen LogP contribution in [-0.4, -0.2) is 17.0 Å².